The van der Waals surface area contributed by atoms with Crippen LogP contribution >= 0.6 is 0 Å². The Morgan fingerprint density at radius 2 is 1.79 bits per heavy atom. The fourth-order valence-corrected chi connectivity index (χ4v) is 4.48. The van der Waals surface area contributed by atoms with Gasteiger partial charge in [0.1, 0.15) is 6.54 Å². The molecule has 0 heterocycles. The van der Waals surface area contributed by atoms with E-state index in [1.165, 1.54) is 28.6 Å². The Morgan fingerprint density at radius 3 is 2.36 bits per heavy atom. The molecule has 8 nitrogen and oxygen atoms in total. The molecule has 1 atom stereocenters. The molecule has 1 saturated carbocycles. The monoisotopic (exact) mass is 410 g/mol. The van der Waals surface area contributed by atoms with E-state index in [1.807, 2.05) is 0 Å². The van der Waals surface area contributed by atoms with E-state index in [0.29, 0.717) is 25.9 Å². The molecule has 0 saturated heterocycles. The molecule has 1 aromatic rings. The van der Waals surface area contributed by atoms with Gasteiger partial charge in [0.2, 0.25) is 10.0 Å². The first-order valence-electron chi connectivity index (χ1n) is 9.40. The number of Topliss-reactive ketones (excluding diaryl/α,β-unsaturated/α-hetero) is 1. The van der Waals surface area contributed by atoms with Gasteiger partial charge >= 0.3 is 5.97 Å². The van der Waals surface area contributed by atoms with Crippen LogP contribution < -0.4 is 5.32 Å². The lowest BCUT2D eigenvalue weighted by Gasteiger charge is -2.20. The number of ketones is 1. The Hall–Kier alpha value is -2.26. The Labute approximate surface area is 165 Å². The zero-order chi connectivity index (χ0) is 20.7. The number of sulfonamides is 1. The summed E-state index contributed by atoms with van der Waals surface area (Å²) in [5, 5.41) is 2.42. The molecule has 0 aliphatic heterocycles. The van der Waals surface area contributed by atoms with Crippen molar-refractivity contribution in [1.29, 1.82) is 0 Å². The van der Waals surface area contributed by atoms with Gasteiger partial charge in [-0.3, -0.25) is 14.4 Å². The number of hydrogen-bond acceptors (Lipinski definition) is 6. The summed E-state index contributed by atoms with van der Waals surface area (Å²) in [6, 6.07) is 5.51. The normalized spacial score (nSPS) is 17.4. The molecule has 0 unspecified atom stereocenters. The highest BCUT2D eigenvalue weighted by atomic mass is 32.2. The molecule has 1 fully saturated rings. The van der Waals surface area contributed by atoms with Crippen molar-refractivity contribution in [2.75, 3.05) is 19.6 Å². The second-order valence-corrected chi connectivity index (χ2v) is 8.42. The molecule has 0 spiro atoms. The maximum absolute atomic E-state index is 12.4. The average molecular weight is 410 g/mol. The summed E-state index contributed by atoms with van der Waals surface area (Å²) in [7, 11) is -3.60. The van der Waals surface area contributed by atoms with Crippen LogP contribution in [0, 0.1) is 0 Å². The van der Waals surface area contributed by atoms with Crippen molar-refractivity contribution < 1.29 is 27.5 Å². The number of nitrogens with one attached hydrogen (secondary N) is 1. The molecule has 154 valence electrons. The Kier molecular flexibility index (Phi) is 7.70. The van der Waals surface area contributed by atoms with Crippen molar-refractivity contribution in [3.05, 3.63) is 29.8 Å². The number of nitrogens with zero attached hydrogens (tertiary/aromatic N) is 1. The van der Waals surface area contributed by atoms with Crippen LogP contribution in [0.4, 0.5) is 0 Å². The summed E-state index contributed by atoms with van der Waals surface area (Å²) in [5.41, 5.74) is 0.222. The fraction of sp³-hybridized carbons (Fsp3) is 0.526. The molecule has 1 aromatic carbocycles. The van der Waals surface area contributed by atoms with E-state index >= 15 is 0 Å². The average Bonchev–Trinajstić information content (AvgIpc) is 2.68. The zero-order valence-electron chi connectivity index (χ0n) is 16.1. The van der Waals surface area contributed by atoms with Crippen LogP contribution in [-0.4, -0.2) is 56.1 Å². The first-order valence-corrected chi connectivity index (χ1v) is 10.8. The topological polar surface area (TPSA) is 110 Å². The maximum Gasteiger partial charge on any atom is 0.326 e. The molecule has 2 rings (SSSR count). The quantitative estimate of drug-likeness (QED) is 0.651. The smallest absolute Gasteiger partial charge is 0.326 e. The van der Waals surface area contributed by atoms with Crippen LogP contribution in [0.1, 0.15) is 49.9 Å². The van der Waals surface area contributed by atoms with E-state index in [2.05, 4.69) is 5.32 Å². The number of hydrogen-bond donors (Lipinski definition) is 1. The highest BCUT2D eigenvalue weighted by Crippen LogP contribution is 2.18. The predicted octanol–water partition coefficient (Wildman–Crippen LogP) is 1.50. The van der Waals surface area contributed by atoms with E-state index in [1.54, 1.807) is 13.8 Å². The SMILES string of the molecule is CCN(CC)S(=O)(=O)c1ccc(C(=O)NCC(=O)O[C@@H]2CCCCC2=O)cc1. The summed E-state index contributed by atoms with van der Waals surface area (Å²) in [5.74, 6) is -1.29. The number of rotatable bonds is 8. The lowest BCUT2D eigenvalue weighted by atomic mass is 9.96. The fourth-order valence-electron chi connectivity index (χ4n) is 3.02. The van der Waals surface area contributed by atoms with Crippen LogP contribution in [0.2, 0.25) is 0 Å². The maximum atomic E-state index is 12.4. The van der Waals surface area contributed by atoms with Crippen molar-refractivity contribution in [1.82, 2.24) is 9.62 Å². The van der Waals surface area contributed by atoms with Gasteiger partial charge in [-0.1, -0.05) is 13.8 Å². The lowest BCUT2D eigenvalue weighted by Crippen LogP contribution is -2.36. The number of ether oxygens (including phenoxy) is 1. The van der Waals surface area contributed by atoms with E-state index < -0.39 is 28.0 Å². The molecule has 1 amide bonds. The van der Waals surface area contributed by atoms with E-state index in [4.69, 9.17) is 4.74 Å². The molecule has 0 aromatic heterocycles. The molecule has 0 bridgehead atoms. The molecule has 28 heavy (non-hydrogen) atoms. The third kappa shape index (κ3) is 5.39. The number of benzene rings is 1. The highest BCUT2D eigenvalue weighted by molar-refractivity contribution is 7.89. The lowest BCUT2D eigenvalue weighted by molar-refractivity contribution is -0.155. The van der Waals surface area contributed by atoms with E-state index in [9.17, 15) is 22.8 Å². The summed E-state index contributed by atoms with van der Waals surface area (Å²) in [6.45, 7) is 3.85. The molecule has 1 aliphatic carbocycles. The second kappa shape index (κ2) is 9.79. The number of carbonyl (C=O) groups is 3. The predicted molar refractivity (Wildman–Crippen MR) is 102 cm³/mol. The van der Waals surface area contributed by atoms with Gasteiger partial charge < -0.3 is 10.1 Å². The summed E-state index contributed by atoms with van der Waals surface area (Å²) in [6.07, 6.45) is 1.85. The number of amides is 1. The molecule has 1 N–H and O–H groups in total. The van der Waals surface area contributed by atoms with Crippen molar-refractivity contribution >= 4 is 27.7 Å². The van der Waals surface area contributed by atoms with Crippen LogP contribution in [0.5, 0.6) is 0 Å². The molecular formula is C19H26N2O6S. The summed E-state index contributed by atoms with van der Waals surface area (Å²) >= 11 is 0. The minimum atomic E-state index is -3.60. The van der Waals surface area contributed by atoms with E-state index in [0.717, 1.165) is 12.8 Å². The molecular weight excluding hydrogens is 384 g/mol. The van der Waals surface area contributed by atoms with Gasteiger partial charge in [0.05, 0.1) is 4.90 Å². The Balaban J connectivity index is 1.92. The van der Waals surface area contributed by atoms with Gasteiger partial charge in [-0.05, 0) is 43.5 Å². The van der Waals surface area contributed by atoms with Crippen LogP contribution in [0.3, 0.4) is 0 Å². The third-order valence-electron chi connectivity index (χ3n) is 4.63. The minimum Gasteiger partial charge on any atom is -0.453 e. The van der Waals surface area contributed by atoms with Gasteiger partial charge in [-0.2, -0.15) is 4.31 Å². The van der Waals surface area contributed by atoms with E-state index in [-0.39, 0.29) is 22.8 Å². The molecule has 1 aliphatic rings. The Morgan fingerprint density at radius 1 is 1.14 bits per heavy atom. The minimum absolute atomic E-state index is 0.0871. The van der Waals surface area contributed by atoms with Gasteiger partial charge in [0, 0.05) is 25.1 Å². The standard InChI is InChI=1S/C19H26N2O6S/c1-3-21(4-2)28(25,26)15-11-9-14(10-12-15)19(24)20-13-18(23)27-17-8-6-5-7-16(17)22/h9-12,17H,3-8,13H2,1-2H3,(H,20,24)/t17-/m1/s1. The molecule has 0 radical (unpaired) electrons. The van der Waals surface area contributed by atoms with Crippen molar-refractivity contribution in [2.24, 2.45) is 0 Å². The first-order chi connectivity index (χ1) is 13.3. The van der Waals surface area contributed by atoms with Gasteiger partial charge in [-0.15, -0.1) is 0 Å². The van der Waals surface area contributed by atoms with Crippen molar-refractivity contribution in [3.63, 3.8) is 0 Å². The van der Waals surface area contributed by atoms with Gasteiger partial charge in [-0.25, -0.2) is 8.42 Å². The van der Waals surface area contributed by atoms with Crippen molar-refractivity contribution in [3.8, 4) is 0 Å². The third-order valence-corrected chi connectivity index (χ3v) is 6.69. The summed E-state index contributed by atoms with van der Waals surface area (Å²) < 4.78 is 31.3. The number of esters is 1. The van der Waals surface area contributed by atoms with Crippen LogP contribution in [0.15, 0.2) is 29.2 Å². The van der Waals surface area contributed by atoms with Gasteiger partial charge in [0.25, 0.3) is 5.91 Å². The van der Waals surface area contributed by atoms with Crippen molar-refractivity contribution in [2.45, 2.75) is 50.5 Å². The van der Waals surface area contributed by atoms with Gasteiger partial charge in [0.15, 0.2) is 11.9 Å². The largest absolute Gasteiger partial charge is 0.453 e. The highest BCUT2D eigenvalue weighted by Gasteiger charge is 2.26. The molecule has 9 heteroatoms. The summed E-state index contributed by atoms with van der Waals surface area (Å²) in [4.78, 5) is 35.8. The Bertz CT molecular complexity index is 815. The zero-order valence-corrected chi connectivity index (χ0v) is 17.0. The first kappa shape index (κ1) is 22.0. The van der Waals surface area contributed by atoms with Crippen LogP contribution in [-0.2, 0) is 24.3 Å². The second-order valence-electron chi connectivity index (χ2n) is 6.49. The number of carbonyl (C=O) groups excluding carboxylic acids is 3. The van der Waals surface area contributed by atoms with Crippen LogP contribution in [0.25, 0.3) is 0 Å².